The van der Waals surface area contributed by atoms with E-state index in [2.05, 4.69) is 41.6 Å². The molecule has 1 saturated heterocycles. The molecule has 18 heavy (non-hydrogen) atoms. The molecule has 2 rings (SSSR count). The molecule has 1 N–H and O–H groups in total. The fourth-order valence-corrected chi connectivity index (χ4v) is 3.83. The third-order valence-electron chi connectivity index (χ3n) is 3.91. The number of likely N-dealkylation sites (tertiary alicyclic amines) is 1. The minimum atomic E-state index is 0.650. The summed E-state index contributed by atoms with van der Waals surface area (Å²) in [5.41, 5.74) is 0. The van der Waals surface area contributed by atoms with Crippen molar-refractivity contribution in [1.29, 1.82) is 0 Å². The smallest absolute Gasteiger partial charge is 0.0438 e. The zero-order valence-electron chi connectivity index (χ0n) is 11.7. The lowest BCUT2D eigenvalue weighted by Crippen LogP contribution is -2.43. The maximum atomic E-state index is 3.66. The van der Waals surface area contributed by atoms with Gasteiger partial charge in [0.05, 0.1) is 0 Å². The minimum absolute atomic E-state index is 0.650. The third kappa shape index (κ3) is 3.56. The van der Waals surface area contributed by atoms with Gasteiger partial charge in [-0.15, -0.1) is 11.3 Å². The second-order valence-corrected chi connectivity index (χ2v) is 6.18. The number of hydrogen-bond acceptors (Lipinski definition) is 3. The summed E-state index contributed by atoms with van der Waals surface area (Å²) in [6.07, 6.45) is 5.09. The molecule has 102 valence electrons. The van der Waals surface area contributed by atoms with Crippen LogP contribution < -0.4 is 5.32 Å². The van der Waals surface area contributed by atoms with Gasteiger partial charge in [0, 0.05) is 30.1 Å². The Morgan fingerprint density at radius 2 is 2.17 bits per heavy atom. The first-order valence-corrected chi connectivity index (χ1v) is 8.24. The highest BCUT2D eigenvalue weighted by Crippen LogP contribution is 2.30. The average Bonchev–Trinajstić information content (AvgIpc) is 2.93. The lowest BCUT2D eigenvalue weighted by molar-refractivity contribution is 0.141. The van der Waals surface area contributed by atoms with Crippen LogP contribution in [0.5, 0.6) is 0 Å². The van der Waals surface area contributed by atoms with Crippen molar-refractivity contribution in [1.82, 2.24) is 10.2 Å². The Balaban J connectivity index is 1.84. The van der Waals surface area contributed by atoms with Crippen molar-refractivity contribution < 1.29 is 0 Å². The van der Waals surface area contributed by atoms with Crippen LogP contribution in [0.4, 0.5) is 0 Å². The Kier molecular flexibility index (Phi) is 5.67. The molecular weight excluding hydrogens is 240 g/mol. The van der Waals surface area contributed by atoms with Gasteiger partial charge in [0.25, 0.3) is 0 Å². The van der Waals surface area contributed by atoms with E-state index in [0.717, 1.165) is 6.04 Å². The molecule has 1 aromatic rings. The fourth-order valence-electron chi connectivity index (χ4n) is 2.88. The highest BCUT2D eigenvalue weighted by Gasteiger charge is 2.25. The van der Waals surface area contributed by atoms with Gasteiger partial charge in [-0.2, -0.15) is 0 Å². The van der Waals surface area contributed by atoms with Crippen LogP contribution in [0.2, 0.25) is 0 Å². The molecule has 1 atom stereocenters. The van der Waals surface area contributed by atoms with E-state index in [1.54, 1.807) is 0 Å². The van der Waals surface area contributed by atoms with Gasteiger partial charge in [-0.3, -0.25) is 4.90 Å². The molecule has 0 bridgehead atoms. The second-order valence-electron chi connectivity index (χ2n) is 5.20. The van der Waals surface area contributed by atoms with Crippen molar-refractivity contribution in [2.45, 2.75) is 51.6 Å². The van der Waals surface area contributed by atoms with E-state index in [1.165, 1.54) is 50.2 Å². The average molecular weight is 266 g/mol. The molecular formula is C15H26N2S. The van der Waals surface area contributed by atoms with Gasteiger partial charge in [0.1, 0.15) is 0 Å². The van der Waals surface area contributed by atoms with Gasteiger partial charge in [0.15, 0.2) is 0 Å². The van der Waals surface area contributed by atoms with Crippen molar-refractivity contribution in [3.8, 4) is 0 Å². The summed E-state index contributed by atoms with van der Waals surface area (Å²) in [6, 6.07) is 5.87. The molecule has 0 aromatic carbocycles. The Hall–Kier alpha value is -0.380. The van der Waals surface area contributed by atoms with Gasteiger partial charge >= 0.3 is 0 Å². The number of thiophene rings is 1. The summed E-state index contributed by atoms with van der Waals surface area (Å²) < 4.78 is 0. The van der Waals surface area contributed by atoms with E-state index in [1.807, 2.05) is 11.3 Å². The molecule has 1 aliphatic heterocycles. The van der Waals surface area contributed by atoms with E-state index in [4.69, 9.17) is 0 Å². The zero-order valence-corrected chi connectivity index (χ0v) is 12.5. The third-order valence-corrected chi connectivity index (χ3v) is 4.89. The van der Waals surface area contributed by atoms with Gasteiger partial charge < -0.3 is 5.32 Å². The molecule has 0 amide bonds. The Morgan fingerprint density at radius 3 is 2.72 bits per heavy atom. The van der Waals surface area contributed by atoms with Crippen molar-refractivity contribution in [3.63, 3.8) is 0 Å². The fraction of sp³-hybridized carbons (Fsp3) is 0.733. The predicted octanol–water partition coefficient (Wildman–Crippen LogP) is 3.66. The molecule has 0 aliphatic carbocycles. The van der Waals surface area contributed by atoms with E-state index < -0.39 is 0 Å². The molecule has 0 radical (unpaired) electrons. The Morgan fingerprint density at radius 1 is 1.39 bits per heavy atom. The Bertz CT molecular complexity index is 315. The van der Waals surface area contributed by atoms with Crippen molar-refractivity contribution in [2.24, 2.45) is 0 Å². The number of rotatable bonds is 6. The van der Waals surface area contributed by atoms with Gasteiger partial charge in [-0.25, -0.2) is 0 Å². The van der Waals surface area contributed by atoms with E-state index >= 15 is 0 Å². The standard InChI is InChI=1S/C15H26N2S/c1-3-9-16-13-7-10-17(11-8-13)14(4-2)15-6-5-12-18-15/h5-6,12-14,16H,3-4,7-11H2,1-2H3. The summed E-state index contributed by atoms with van der Waals surface area (Å²) in [5.74, 6) is 0. The minimum Gasteiger partial charge on any atom is -0.314 e. The molecule has 1 fully saturated rings. The lowest BCUT2D eigenvalue weighted by Gasteiger charge is -2.37. The second kappa shape index (κ2) is 7.27. The van der Waals surface area contributed by atoms with Crippen LogP contribution in [0.15, 0.2) is 17.5 Å². The normalized spacial score (nSPS) is 20.1. The number of hydrogen-bond donors (Lipinski definition) is 1. The number of nitrogens with zero attached hydrogens (tertiary/aromatic N) is 1. The number of piperidine rings is 1. The molecule has 0 spiro atoms. The van der Waals surface area contributed by atoms with Crippen LogP contribution in [-0.2, 0) is 0 Å². The molecule has 2 heterocycles. The summed E-state index contributed by atoms with van der Waals surface area (Å²) in [7, 11) is 0. The largest absolute Gasteiger partial charge is 0.314 e. The quantitative estimate of drug-likeness (QED) is 0.845. The van der Waals surface area contributed by atoms with Gasteiger partial charge in [-0.05, 0) is 43.7 Å². The highest BCUT2D eigenvalue weighted by atomic mass is 32.1. The SMILES string of the molecule is CCCNC1CCN(C(CC)c2cccs2)CC1. The molecule has 1 aromatic heterocycles. The van der Waals surface area contributed by atoms with Crippen molar-refractivity contribution >= 4 is 11.3 Å². The molecule has 2 nitrogen and oxygen atoms in total. The van der Waals surface area contributed by atoms with Gasteiger partial charge in [0.2, 0.25) is 0 Å². The maximum Gasteiger partial charge on any atom is 0.0438 e. The highest BCUT2D eigenvalue weighted by molar-refractivity contribution is 7.10. The van der Waals surface area contributed by atoms with Crippen LogP contribution in [0.1, 0.15) is 50.4 Å². The summed E-state index contributed by atoms with van der Waals surface area (Å²) in [5, 5.41) is 5.86. The molecule has 0 saturated carbocycles. The van der Waals surface area contributed by atoms with E-state index in [9.17, 15) is 0 Å². The molecule has 1 unspecified atom stereocenters. The van der Waals surface area contributed by atoms with Crippen LogP contribution in [0.25, 0.3) is 0 Å². The zero-order chi connectivity index (χ0) is 12.8. The maximum absolute atomic E-state index is 3.66. The topological polar surface area (TPSA) is 15.3 Å². The summed E-state index contributed by atoms with van der Waals surface area (Å²) >= 11 is 1.91. The van der Waals surface area contributed by atoms with E-state index in [0.29, 0.717) is 6.04 Å². The summed E-state index contributed by atoms with van der Waals surface area (Å²) in [6.45, 7) is 8.22. The van der Waals surface area contributed by atoms with Crippen LogP contribution >= 0.6 is 11.3 Å². The monoisotopic (exact) mass is 266 g/mol. The van der Waals surface area contributed by atoms with E-state index in [-0.39, 0.29) is 0 Å². The van der Waals surface area contributed by atoms with Crippen LogP contribution in [-0.4, -0.2) is 30.6 Å². The first kappa shape index (κ1) is 14.0. The first-order valence-electron chi connectivity index (χ1n) is 7.36. The van der Waals surface area contributed by atoms with Crippen molar-refractivity contribution in [3.05, 3.63) is 22.4 Å². The number of nitrogens with one attached hydrogen (secondary N) is 1. The Labute approximate surface area is 115 Å². The van der Waals surface area contributed by atoms with Crippen molar-refractivity contribution in [2.75, 3.05) is 19.6 Å². The predicted molar refractivity (Wildman–Crippen MR) is 80.2 cm³/mol. The lowest BCUT2D eigenvalue weighted by atomic mass is 10.0. The first-order chi connectivity index (χ1) is 8.85. The molecule has 1 aliphatic rings. The van der Waals surface area contributed by atoms with Crippen LogP contribution in [0, 0.1) is 0 Å². The molecule has 3 heteroatoms. The van der Waals surface area contributed by atoms with Crippen LogP contribution in [0.3, 0.4) is 0 Å². The summed E-state index contributed by atoms with van der Waals surface area (Å²) in [4.78, 5) is 4.22. The van der Waals surface area contributed by atoms with Gasteiger partial charge in [-0.1, -0.05) is 19.9 Å².